The molecule has 9 rings (SSSR count). The number of imide groups is 1. The van der Waals surface area contributed by atoms with Gasteiger partial charge in [-0.15, -0.1) is 0 Å². The number of aryl methyl sites for hydroxylation is 1. The van der Waals surface area contributed by atoms with Crippen LogP contribution in [0, 0.1) is 6.92 Å². The monoisotopic (exact) mass is 630 g/mol. The lowest BCUT2D eigenvalue weighted by molar-refractivity contribution is 0.0926. The first-order valence-electron chi connectivity index (χ1n) is 16.4. The number of anilines is 1. The summed E-state index contributed by atoms with van der Waals surface area (Å²) < 4.78 is 2.17. The quantitative estimate of drug-likeness (QED) is 0.178. The molecule has 0 unspecified atom stereocenters. The minimum atomic E-state index is -0.331. The average Bonchev–Trinajstić information content (AvgIpc) is 3.62. The molecule has 1 aromatic heterocycles. The highest BCUT2D eigenvalue weighted by atomic mass is 16.2. The maximum atomic E-state index is 14.7. The van der Waals surface area contributed by atoms with Crippen LogP contribution in [0.1, 0.15) is 26.3 Å². The summed E-state index contributed by atoms with van der Waals surface area (Å²) in [5.41, 5.74) is 11.3. The van der Waals surface area contributed by atoms with Crippen molar-refractivity contribution in [1.29, 1.82) is 0 Å². The van der Waals surface area contributed by atoms with E-state index in [1.165, 1.54) is 10.5 Å². The van der Waals surface area contributed by atoms with Crippen molar-refractivity contribution in [3.8, 4) is 39.1 Å². The molecule has 0 fully saturated rings. The highest BCUT2D eigenvalue weighted by molar-refractivity contribution is 6.36. The number of fused-ring (bicyclic) bond motifs is 4. The highest BCUT2D eigenvalue weighted by Gasteiger charge is 2.40. The molecule has 49 heavy (non-hydrogen) atoms. The number of para-hydroxylation sites is 1. The van der Waals surface area contributed by atoms with Crippen molar-refractivity contribution < 1.29 is 9.59 Å². The molecule has 0 radical (unpaired) electrons. The third kappa shape index (κ3) is 4.61. The van der Waals surface area contributed by atoms with Gasteiger partial charge in [-0.1, -0.05) is 139 Å². The van der Waals surface area contributed by atoms with Crippen molar-refractivity contribution in [2.24, 2.45) is 0 Å². The van der Waals surface area contributed by atoms with Crippen LogP contribution in [0.25, 0.3) is 60.9 Å². The summed E-state index contributed by atoms with van der Waals surface area (Å²) >= 11 is 0. The predicted molar refractivity (Wildman–Crippen MR) is 199 cm³/mol. The van der Waals surface area contributed by atoms with Crippen LogP contribution < -0.4 is 4.90 Å². The minimum absolute atomic E-state index is 0.323. The van der Waals surface area contributed by atoms with Gasteiger partial charge in [0.25, 0.3) is 11.8 Å². The Morgan fingerprint density at radius 2 is 0.918 bits per heavy atom. The van der Waals surface area contributed by atoms with Crippen LogP contribution in [0.4, 0.5) is 5.69 Å². The molecule has 2 heterocycles. The smallest absolute Gasteiger partial charge is 0.268 e. The Kier molecular flexibility index (Phi) is 6.63. The highest BCUT2D eigenvalue weighted by Crippen LogP contribution is 2.42. The van der Waals surface area contributed by atoms with Crippen molar-refractivity contribution in [3.05, 3.63) is 180 Å². The van der Waals surface area contributed by atoms with E-state index in [-0.39, 0.29) is 11.8 Å². The van der Waals surface area contributed by atoms with E-state index >= 15 is 0 Å². The fraction of sp³-hybridized carbons (Fsp3) is 0.0222. The van der Waals surface area contributed by atoms with Gasteiger partial charge in [0.05, 0.1) is 33.5 Å². The zero-order valence-electron chi connectivity index (χ0n) is 26.8. The van der Waals surface area contributed by atoms with Crippen LogP contribution in [0.3, 0.4) is 0 Å². The van der Waals surface area contributed by atoms with Gasteiger partial charge in [-0.05, 0) is 65.1 Å². The van der Waals surface area contributed by atoms with Crippen LogP contribution in [-0.4, -0.2) is 16.4 Å². The maximum Gasteiger partial charge on any atom is 0.268 e. The number of hydrogen-bond donors (Lipinski definition) is 0. The molecule has 1 aliphatic heterocycles. The number of carbonyl (C=O) groups excluding carboxylic acids is 2. The van der Waals surface area contributed by atoms with E-state index in [4.69, 9.17) is 0 Å². The molecule has 0 aliphatic carbocycles. The summed E-state index contributed by atoms with van der Waals surface area (Å²) in [6, 6.07) is 55.0. The number of carbonyl (C=O) groups is 2. The summed E-state index contributed by atoms with van der Waals surface area (Å²) in [5, 5.41) is 2.15. The molecule has 0 spiro atoms. The Morgan fingerprint density at radius 1 is 0.408 bits per heavy atom. The van der Waals surface area contributed by atoms with Crippen LogP contribution in [0.2, 0.25) is 0 Å². The Balaban J connectivity index is 1.29. The first kappa shape index (κ1) is 28.7. The third-order valence-electron chi connectivity index (χ3n) is 9.62. The van der Waals surface area contributed by atoms with Gasteiger partial charge in [0.2, 0.25) is 0 Å². The van der Waals surface area contributed by atoms with Gasteiger partial charge in [-0.2, -0.15) is 0 Å². The number of amides is 2. The summed E-state index contributed by atoms with van der Waals surface area (Å²) in [7, 11) is 0. The lowest BCUT2D eigenvalue weighted by Gasteiger charge is -2.19. The zero-order valence-corrected chi connectivity index (χ0v) is 26.8. The van der Waals surface area contributed by atoms with Gasteiger partial charge in [0.15, 0.2) is 0 Å². The molecule has 1 aliphatic rings. The van der Waals surface area contributed by atoms with E-state index in [2.05, 4.69) is 84.3 Å². The predicted octanol–water partition coefficient (Wildman–Crippen LogP) is 10.9. The molecule has 7 aromatic carbocycles. The topological polar surface area (TPSA) is 42.3 Å². The average molecular weight is 631 g/mol. The van der Waals surface area contributed by atoms with Gasteiger partial charge in [-0.25, -0.2) is 4.90 Å². The third-order valence-corrected chi connectivity index (χ3v) is 9.62. The first-order valence-corrected chi connectivity index (χ1v) is 16.4. The van der Waals surface area contributed by atoms with E-state index in [0.717, 1.165) is 55.2 Å². The van der Waals surface area contributed by atoms with Gasteiger partial charge in [0, 0.05) is 16.3 Å². The molecule has 0 atom stereocenters. The van der Waals surface area contributed by atoms with Crippen molar-refractivity contribution in [2.45, 2.75) is 6.92 Å². The Labute approximate surface area is 284 Å². The van der Waals surface area contributed by atoms with E-state index in [0.29, 0.717) is 22.5 Å². The number of hydrogen-bond acceptors (Lipinski definition) is 2. The number of rotatable bonds is 5. The molecule has 8 aromatic rings. The van der Waals surface area contributed by atoms with E-state index in [1.807, 2.05) is 84.9 Å². The Morgan fingerprint density at radius 3 is 1.57 bits per heavy atom. The van der Waals surface area contributed by atoms with Gasteiger partial charge >= 0.3 is 0 Å². The molecule has 4 nitrogen and oxygen atoms in total. The lowest BCUT2D eigenvalue weighted by atomic mass is 10.0. The minimum Gasteiger partial charge on any atom is -0.308 e. The van der Waals surface area contributed by atoms with Crippen molar-refractivity contribution in [3.63, 3.8) is 0 Å². The van der Waals surface area contributed by atoms with E-state index in [1.54, 1.807) is 6.07 Å². The lowest BCUT2D eigenvalue weighted by Crippen LogP contribution is -2.30. The van der Waals surface area contributed by atoms with Crippen molar-refractivity contribution >= 4 is 39.3 Å². The molecule has 0 N–H and O–H groups in total. The molecule has 0 bridgehead atoms. The van der Waals surface area contributed by atoms with Gasteiger partial charge < -0.3 is 4.57 Å². The summed E-state index contributed by atoms with van der Waals surface area (Å²) in [4.78, 5) is 30.3. The molecular formula is C45H30N2O2. The van der Waals surface area contributed by atoms with Gasteiger partial charge in [-0.3, -0.25) is 9.59 Å². The summed E-state index contributed by atoms with van der Waals surface area (Å²) in [6.07, 6.45) is 0. The molecule has 0 saturated carbocycles. The number of nitrogens with zero attached hydrogens (tertiary/aromatic N) is 2. The Hall–Kier alpha value is -6.52. The number of aromatic nitrogens is 1. The number of benzene rings is 7. The van der Waals surface area contributed by atoms with Crippen LogP contribution in [-0.2, 0) is 0 Å². The second-order valence-corrected chi connectivity index (χ2v) is 12.6. The van der Waals surface area contributed by atoms with Crippen molar-refractivity contribution in [2.75, 3.05) is 4.90 Å². The fourth-order valence-corrected chi connectivity index (χ4v) is 7.22. The van der Waals surface area contributed by atoms with E-state index < -0.39 is 0 Å². The normalized spacial score (nSPS) is 12.6. The largest absolute Gasteiger partial charge is 0.308 e. The molecule has 4 heteroatoms. The molecule has 0 saturated heterocycles. The van der Waals surface area contributed by atoms with Crippen LogP contribution in [0.5, 0.6) is 0 Å². The molecule has 232 valence electrons. The van der Waals surface area contributed by atoms with Crippen LogP contribution >= 0.6 is 0 Å². The first-order chi connectivity index (χ1) is 24.1. The second-order valence-electron chi connectivity index (χ2n) is 12.6. The van der Waals surface area contributed by atoms with Crippen LogP contribution in [0.15, 0.2) is 164 Å². The summed E-state index contributed by atoms with van der Waals surface area (Å²) in [6.45, 7) is 2.09. The molecule has 2 amide bonds. The zero-order chi connectivity index (χ0) is 33.1. The fourth-order valence-electron chi connectivity index (χ4n) is 7.22. The Bertz CT molecular complexity index is 2580. The van der Waals surface area contributed by atoms with Gasteiger partial charge in [0.1, 0.15) is 0 Å². The van der Waals surface area contributed by atoms with E-state index in [9.17, 15) is 9.59 Å². The molecular weight excluding hydrogens is 601 g/mol. The SMILES string of the molecule is Cc1ccc(-c2ccc3c4ccc(-c5ccccc5)cc4n(-c4cccc5c4C(=O)N(c4ccccc4-c4ccccc4)C5=O)c3c2)cc1. The maximum absolute atomic E-state index is 14.7. The second kappa shape index (κ2) is 11.3. The summed E-state index contributed by atoms with van der Waals surface area (Å²) in [5.74, 6) is -0.654. The van der Waals surface area contributed by atoms with Crippen molar-refractivity contribution in [1.82, 2.24) is 4.57 Å². The standard InChI is InChI=1S/C45H30N2O2/c1-29-19-21-31(22-20-29)34-24-26-37-36-25-23-33(30-11-4-2-5-12-30)27-41(36)46(42(37)28-34)40-18-10-16-38-43(40)45(49)47(44(38)48)39-17-9-8-15-35(39)32-13-6-3-7-14-32/h2-28H,1H3.